The number of hydrogen-bond donors (Lipinski definition) is 1. The zero-order valence-electron chi connectivity index (χ0n) is 21.2. The van der Waals surface area contributed by atoms with Crippen molar-refractivity contribution in [2.45, 2.75) is 70.2 Å². The fraction of sp³-hybridized carbons (Fsp3) is 0.500. The van der Waals surface area contributed by atoms with Crippen molar-refractivity contribution in [2.75, 3.05) is 20.2 Å². The van der Waals surface area contributed by atoms with Gasteiger partial charge in [-0.1, -0.05) is 42.5 Å². The molecule has 188 valence electrons. The molecule has 2 amide bonds. The van der Waals surface area contributed by atoms with Crippen LogP contribution in [0.3, 0.4) is 0 Å². The van der Waals surface area contributed by atoms with E-state index in [9.17, 15) is 9.59 Å². The minimum Gasteiger partial charge on any atom is -0.444 e. The Kier molecular flexibility index (Phi) is 7.77. The molecule has 7 nitrogen and oxygen atoms in total. The molecule has 2 fully saturated rings. The normalized spacial score (nSPS) is 20.8. The van der Waals surface area contributed by atoms with Gasteiger partial charge in [0.05, 0.1) is 7.11 Å². The van der Waals surface area contributed by atoms with E-state index in [0.717, 1.165) is 44.5 Å². The molecular formula is C28H37N3O4. The van der Waals surface area contributed by atoms with Gasteiger partial charge in [-0.25, -0.2) is 10.3 Å². The minimum atomic E-state index is -0.514. The topological polar surface area (TPSA) is 71.1 Å². The first-order chi connectivity index (χ1) is 16.7. The number of hydrogen-bond acceptors (Lipinski definition) is 5. The molecule has 7 heteroatoms. The standard InChI is InChI=1S/C28H37N3O4/c1-28(2,3)35-27(33)31(25-18-24(25)21-8-6-5-7-9-21)23-14-16-30(17-15-23)19-20-10-12-22(13-11-20)26(32)29-34-4/h5-13,23-25H,14-19H2,1-4H3,(H,29,32)/t24-,25+/m0/s1. The minimum absolute atomic E-state index is 0.180. The molecule has 0 aromatic heterocycles. The summed E-state index contributed by atoms with van der Waals surface area (Å²) >= 11 is 0. The number of likely N-dealkylation sites (tertiary alicyclic amines) is 1. The lowest BCUT2D eigenvalue weighted by Crippen LogP contribution is -2.50. The number of hydroxylamine groups is 1. The second-order valence-corrected chi connectivity index (χ2v) is 10.5. The lowest BCUT2D eigenvalue weighted by atomic mass is 10.0. The lowest BCUT2D eigenvalue weighted by Gasteiger charge is -2.39. The number of ether oxygens (including phenoxy) is 1. The van der Waals surface area contributed by atoms with Gasteiger partial charge in [0.25, 0.3) is 5.91 Å². The van der Waals surface area contributed by atoms with Crippen molar-refractivity contribution in [1.29, 1.82) is 0 Å². The third-order valence-corrected chi connectivity index (χ3v) is 6.71. The summed E-state index contributed by atoms with van der Waals surface area (Å²) in [6.45, 7) is 8.44. The Morgan fingerprint density at radius 2 is 1.69 bits per heavy atom. The van der Waals surface area contributed by atoms with Gasteiger partial charge in [0, 0.05) is 43.2 Å². The van der Waals surface area contributed by atoms with Crippen LogP contribution in [0.1, 0.15) is 67.4 Å². The van der Waals surface area contributed by atoms with Crippen molar-refractivity contribution in [3.05, 3.63) is 71.3 Å². The van der Waals surface area contributed by atoms with Crippen molar-refractivity contribution < 1.29 is 19.2 Å². The predicted octanol–water partition coefficient (Wildman–Crippen LogP) is 4.74. The molecule has 1 aliphatic heterocycles. The van der Waals surface area contributed by atoms with Crippen LogP contribution >= 0.6 is 0 Å². The van der Waals surface area contributed by atoms with Crippen molar-refractivity contribution in [3.8, 4) is 0 Å². The van der Waals surface area contributed by atoms with Gasteiger partial charge in [0.2, 0.25) is 0 Å². The fourth-order valence-corrected chi connectivity index (χ4v) is 4.94. The summed E-state index contributed by atoms with van der Waals surface area (Å²) in [4.78, 5) is 34.3. The number of nitrogens with zero attached hydrogens (tertiary/aromatic N) is 2. The first-order valence-corrected chi connectivity index (χ1v) is 12.5. The number of piperidine rings is 1. The summed E-state index contributed by atoms with van der Waals surface area (Å²) in [6, 6.07) is 18.5. The molecule has 1 saturated heterocycles. The van der Waals surface area contributed by atoms with Crippen LogP contribution in [-0.4, -0.2) is 59.7 Å². The molecule has 0 spiro atoms. The van der Waals surface area contributed by atoms with Crippen molar-refractivity contribution in [2.24, 2.45) is 0 Å². The van der Waals surface area contributed by atoms with E-state index < -0.39 is 5.60 Å². The van der Waals surface area contributed by atoms with Crippen molar-refractivity contribution in [3.63, 3.8) is 0 Å². The van der Waals surface area contributed by atoms with Crippen LogP contribution in [0.15, 0.2) is 54.6 Å². The van der Waals surface area contributed by atoms with E-state index in [2.05, 4.69) is 34.6 Å². The van der Waals surface area contributed by atoms with E-state index in [4.69, 9.17) is 9.57 Å². The van der Waals surface area contributed by atoms with Gasteiger partial charge in [0.15, 0.2) is 0 Å². The van der Waals surface area contributed by atoms with Crippen molar-refractivity contribution in [1.82, 2.24) is 15.3 Å². The summed E-state index contributed by atoms with van der Waals surface area (Å²) in [7, 11) is 1.42. The Labute approximate surface area is 208 Å². The highest BCUT2D eigenvalue weighted by Crippen LogP contribution is 2.46. The third-order valence-electron chi connectivity index (χ3n) is 6.71. The van der Waals surface area contributed by atoms with Crippen LogP contribution in [0.5, 0.6) is 0 Å². The molecule has 2 aromatic carbocycles. The fourth-order valence-electron chi connectivity index (χ4n) is 4.94. The number of carbonyl (C=O) groups is 2. The average molecular weight is 480 g/mol. The monoisotopic (exact) mass is 479 g/mol. The smallest absolute Gasteiger partial charge is 0.410 e. The SMILES string of the molecule is CONC(=O)c1ccc(CN2CCC(N(C(=O)OC(C)(C)C)[C@@H]3C[C@H]3c3ccccc3)CC2)cc1. The first-order valence-electron chi connectivity index (χ1n) is 12.5. The molecule has 1 N–H and O–H groups in total. The summed E-state index contributed by atoms with van der Waals surface area (Å²) in [5.41, 5.74) is 4.85. The average Bonchev–Trinajstić information content (AvgIpc) is 3.61. The molecule has 1 aliphatic carbocycles. The van der Waals surface area contributed by atoms with Crippen LogP contribution < -0.4 is 5.48 Å². The molecular weight excluding hydrogens is 442 g/mol. The maximum absolute atomic E-state index is 13.3. The van der Waals surface area contributed by atoms with Crippen LogP contribution in [0, 0.1) is 0 Å². The third kappa shape index (κ3) is 6.61. The first kappa shape index (κ1) is 25.2. The molecule has 0 radical (unpaired) electrons. The van der Waals surface area contributed by atoms with Gasteiger partial charge in [-0.2, -0.15) is 0 Å². The number of carbonyl (C=O) groups excluding carboxylic acids is 2. The molecule has 35 heavy (non-hydrogen) atoms. The van der Waals surface area contributed by atoms with E-state index >= 15 is 0 Å². The van der Waals surface area contributed by atoms with Crippen LogP contribution in [0.25, 0.3) is 0 Å². The lowest BCUT2D eigenvalue weighted by molar-refractivity contribution is 0.00487. The Morgan fingerprint density at radius 1 is 1.03 bits per heavy atom. The molecule has 0 unspecified atom stereocenters. The van der Waals surface area contributed by atoms with Crippen LogP contribution in [0.2, 0.25) is 0 Å². The largest absolute Gasteiger partial charge is 0.444 e. The van der Waals surface area contributed by atoms with Gasteiger partial charge in [-0.15, -0.1) is 0 Å². The molecule has 4 rings (SSSR count). The summed E-state index contributed by atoms with van der Waals surface area (Å²) in [5, 5.41) is 0. The Morgan fingerprint density at radius 3 is 2.29 bits per heavy atom. The Balaban J connectivity index is 1.37. The van der Waals surface area contributed by atoms with Gasteiger partial charge in [-0.3, -0.25) is 14.5 Å². The Bertz CT molecular complexity index is 995. The number of amides is 2. The number of benzene rings is 2. The van der Waals surface area contributed by atoms with Gasteiger partial charge >= 0.3 is 6.09 Å². The van der Waals surface area contributed by atoms with E-state index in [0.29, 0.717) is 11.5 Å². The molecule has 1 heterocycles. The van der Waals surface area contributed by atoms with E-state index in [1.807, 2.05) is 56.0 Å². The zero-order chi connectivity index (χ0) is 25.0. The van der Waals surface area contributed by atoms with Crippen LogP contribution in [0.4, 0.5) is 4.79 Å². The summed E-state index contributed by atoms with van der Waals surface area (Å²) in [6.07, 6.45) is 2.65. The molecule has 0 bridgehead atoms. The highest BCUT2D eigenvalue weighted by molar-refractivity contribution is 5.93. The second-order valence-electron chi connectivity index (χ2n) is 10.5. The maximum atomic E-state index is 13.3. The highest BCUT2D eigenvalue weighted by atomic mass is 16.6. The van der Waals surface area contributed by atoms with E-state index in [-0.39, 0.29) is 24.1 Å². The maximum Gasteiger partial charge on any atom is 0.410 e. The predicted molar refractivity (Wildman–Crippen MR) is 135 cm³/mol. The molecule has 2 aliphatic rings. The van der Waals surface area contributed by atoms with Gasteiger partial charge < -0.3 is 9.64 Å². The van der Waals surface area contributed by atoms with Crippen molar-refractivity contribution >= 4 is 12.0 Å². The highest BCUT2D eigenvalue weighted by Gasteiger charge is 2.48. The quantitative estimate of drug-likeness (QED) is 0.581. The number of nitrogens with one attached hydrogen (secondary N) is 1. The summed E-state index contributed by atoms with van der Waals surface area (Å²) < 4.78 is 5.84. The Hall–Kier alpha value is -2.90. The van der Waals surface area contributed by atoms with Crippen LogP contribution in [-0.2, 0) is 16.1 Å². The number of rotatable bonds is 7. The summed E-state index contributed by atoms with van der Waals surface area (Å²) in [5.74, 6) is 0.131. The van der Waals surface area contributed by atoms with E-state index in [1.54, 1.807) is 0 Å². The van der Waals surface area contributed by atoms with Gasteiger partial charge in [0.1, 0.15) is 5.60 Å². The molecule has 2 aromatic rings. The molecule has 2 atom stereocenters. The van der Waals surface area contributed by atoms with Gasteiger partial charge in [-0.05, 0) is 63.3 Å². The van der Waals surface area contributed by atoms with E-state index in [1.165, 1.54) is 12.7 Å². The molecule has 1 saturated carbocycles. The zero-order valence-corrected chi connectivity index (χ0v) is 21.2. The second kappa shape index (κ2) is 10.8.